The number of rotatable bonds is 6. The third-order valence-corrected chi connectivity index (χ3v) is 2.06. The minimum absolute atomic E-state index is 0.0613. The van der Waals surface area contributed by atoms with Gasteiger partial charge in [-0.15, -0.1) is 0 Å². The molecule has 0 saturated heterocycles. The van der Waals surface area contributed by atoms with Gasteiger partial charge in [-0.2, -0.15) is 0 Å². The van der Waals surface area contributed by atoms with Crippen molar-refractivity contribution in [3.05, 3.63) is 0 Å². The largest absolute Gasteiger partial charge is 0.481 e. The fourth-order valence-corrected chi connectivity index (χ4v) is 1.17. The third kappa shape index (κ3) is 4.23. The monoisotopic (exact) mass is 202 g/mol. The molecule has 5 nitrogen and oxygen atoms in total. The third-order valence-electron chi connectivity index (χ3n) is 2.06. The topological polar surface area (TPSA) is 83.6 Å². The maximum atomic E-state index is 11.5. The van der Waals surface area contributed by atoms with E-state index in [-0.39, 0.29) is 18.7 Å². The Morgan fingerprint density at radius 3 is 2.21 bits per heavy atom. The lowest BCUT2D eigenvalue weighted by Gasteiger charge is -2.22. The van der Waals surface area contributed by atoms with E-state index in [9.17, 15) is 9.59 Å². The lowest BCUT2D eigenvalue weighted by Crippen LogP contribution is -2.43. The predicted octanol–water partition coefficient (Wildman–Crippen LogP) is 0.0469. The summed E-state index contributed by atoms with van der Waals surface area (Å²) in [4.78, 5) is 23.4. The molecule has 0 aliphatic carbocycles. The van der Waals surface area contributed by atoms with Gasteiger partial charge < -0.3 is 15.7 Å². The molecule has 1 unspecified atom stereocenters. The van der Waals surface area contributed by atoms with Crippen molar-refractivity contribution in [2.75, 3.05) is 13.1 Å². The second-order valence-electron chi connectivity index (χ2n) is 3.05. The molecule has 1 amide bonds. The Bertz CT molecular complexity index is 202. The van der Waals surface area contributed by atoms with E-state index in [1.165, 1.54) is 0 Å². The highest BCUT2D eigenvalue weighted by Crippen LogP contribution is 2.00. The van der Waals surface area contributed by atoms with Gasteiger partial charge >= 0.3 is 5.97 Å². The molecule has 1 atom stereocenters. The summed E-state index contributed by atoms with van der Waals surface area (Å²) < 4.78 is 0. The Hall–Kier alpha value is -1.10. The van der Waals surface area contributed by atoms with Gasteiger partial charge in [-0.3, -0.25) is 9.59 Å². The van der Waals surface area contributed by atoms with Gasteiger partial charge in [0.15, 0.2) is 0 Å². The number of aliphatic carboxylic acids is 1. The van der Waals surface area contributed by atoms with Crippen molar-refractivity contribution in [3.8, 4) is 0 Å². The molecule has 0 saturated carbocycles. The first kappa shape index (κ1) is 12.9. The van der Waals surface area contributed by atoms with Gasteiger partial charge in [0.25, 0.3) is 0 Å². The summed E-state index contributed by atoms with van der Waals surface area (Å²) in [6, 6.07) is -0.689. The summed E-state index contributed by atoms with van der Waals surface area (Å²) in [5.41, 5.74) is 5.56. The van der Waals surface area contributed by atoms with Gasteiger partial charge in [0.2, 0.25) is 5.91 Å². The minimum Gasteiger partial charge on any atom is -0.481 e. The van der Waals surface area contributed by atoms with E-state index in [4.69, 9.17) is 10.8 Å². The number of hydrogen-bond donors (Lipinski definition) is 2. The van der Waals surface area contributed by atoms with Crippen LogP contribution in [0.25, 0.3) is 0 Å². The van der Waals surface area contributed by atoms with Crippen molar-refractivity contribution in [3.63, 3.8) is 0 Å². The molecule has 3 N–H and O–H groups in total. The number of carbonyl (C=O) groups is 2. The molecule has 0 spiro atoms. The molecule has 0 aliphatic heterocycles. The zero-order valence-corrected chi connectivity index (χ0v) is 8.69. The van der Waals surface area contributed by atoms with Gasteiger partial charge in [0, 0.05) is 19.5 Å². The highest BCUT2D eigenvalue weighted by atomic mass is 16.4. The molecular formula is C9H18N2O3. The number of likely N-dealkylation sites (N-methyl/N-ethyl adjacent to an activating group) is 1. The molecule has 0 aliphatic rings. The zero-order valence-electron chi connectivity index (χ0n) is 8.69. The van der Waals surface area contributed by atoms with Gasteiger partial charge in [-0.25, -0.2) is 0 Å². The molecule has 0 rings (SSSR count). The number of carboxylic acid groups (broad SMARTS) is 1. The van der Waals surface area contributed by atoms with Crippen molar-refractivity contribution in [2.24, 2.45) is 5.73 Å². The standard InChI is InChI=1S/C9H18N2O3/c1-3-11(4-2)9(14)7(10)5-6-8(12)13/h7H,3-6,10H2,1-2H3,(H,12,13). The first-order valence-electron chi connectivity index (χ1n) is 4.79. The van der Waals surface area contributed by atoms with Crippen LogP contribution in [0.5, 0.6) is 0 Å². The van der Waals surface area contributed by atoms with Crippen LogP contribution in [0.1, 0.15) is 26.7 Å². The Labute approximate surface area is 83.9 Å². The van der Waals surface area contributed by atoms with Gasteiger partial charge in [-0.1, -0.05) is 0 Å². The van der Waals surface area contributed by atoms with E-state index in [1.54, 1.807) is 4.90 Å². The smallest absolute Gasteiger partial charge is 0.303 e. The minimum atomic E-state index is -0.923. The number of hydrogen-bond acceptors (Lipinski definition) is 3. The normalized spacial score (nSPS) is 12.2. The summed E-state index contributed by atoms with van der Waals surface area (Å²) in [7, 11) is 0. The first-order chi connectivity index (χ1) is 6.52. The van der Waals surface area contributed by atoms with E-state index in [2.05, 4.69) is 0 Å². The Morgan fingerprint density at radius 2 is 1.86 bits per heavy atom. The van der Waals surface area contributed by atoms with Crippen molar-refractivity contribution < 1.29 is 14.7 Å². The summed E-state index contributed by atoms with van der Waals surface area (Å²) in [6.45, 7) is 4.95. The van der Waals surface area contributed by atoms with E-state index < -0.39 is 12.0 Å². The molecule has 0 aromatic carbocycles. The molecule has 0 fully saturated rings. The molecule has 0 aromatic heterocycles. The van der Waals surface area contributed by atoms with E-state index in [0.29, 0.717) is 13.1 Å². The zero-order chi connectivity index (χ0) is 11.1. The van der Waals surface area contributed by atoms with Crippen LogP contribution in [0.15, 0.2) is 0 Å². The van der Waals surface area contributed by atoms with E-state index >= 15 is 0 Å². The fraction of sp³-hybridized carbons (Fsp3) is 0.778. The van der Waals surface area contributed by atoms with E-state index in [1.807, 2.05) is 13.8 Å². The van der Waals surface area contributed by atoms with E-state index in [0.717, 1.165) is 0 Å². The van der Waals surface area contributed by atoms with Crippen LogP contribution in [0.4, 0.5) is 0 Å². The number of carbonyl (C=O) groups excluding carboxylic acids is 1. The molecule has 82 valence electrons. The van der Waals surface area contributed by atoms with Crippen LogP contribution >= 0.6 is 0 Å². The SMILES string of the molecule is CCN(CC)C(=O)C(N)CCC(=O)O. The molecule has 0 radical (unpaired) electrons. The molecule has 5 heteroatoms. The molecule has 14 heavy (non-hydrogen) atoms. The summed E-state index contributed by atoms with van der Waals surface area (Å²) in [6.07, 6.45) is 0.138. The van der Waals surface area contributed by atoms with Crippen LogP contribution in [0, 0.1) is 0 Å². The maximum absolute atomic E-state index is 11.5. The van der Waals surface area contributed by atoms with Gasteiger partial charge in [0.1, 0.15) is 0 Å². The molecule has 0 bridgehead atoms. The summed E-state index contributed by atoms with van der Waals surface area (Å²) >= 11 is 0. The Morgan fingerprint density at radius 1 is 1.36 bits per heavy atom. The van der Waals surface area contributed by atoms with Gasteiger partial charge in [0.05, 0.1) is 6.04 Å². The number of nitrogens with two attached hydrogens (primary N) is 1. The molecule has 0 aromatic rings. The Balaban J connectivity index is 4.03. The first-order valence-corrected chi connectivity index (χ1v) is 4.79. The quantitative estimate of drug-likeness (QED) is 0.637. The highest BCUT2D eigenvalue weighted by molar-refractivity contribution is 5.82. The van der Waals surface area contributed by atoms with Crippen molar-refractivity contribution in [1.82, 2.24) is 4.90 Å². The number of carboxylic acids is 1. The lowest BCUT2D eigenvalue weighted by atomic mass is 10.1. The summed E-state index contributed by atoms with van der Waals surface area (Å²) in [5, 5.41) is 8.42. The molecule has 0 heterocycles. The highest BCUT2D eigenvalue weighted by Gasteiger charge is 2.18. The van der Waals surface area contributed by atoms with Crippen LogP contribution in [0.3, 0.4) is 0 Å². The number of nitrogens with zero attached hydrogens (tertiary/aromatic N) is 1. The van der Waals surface area contributed by atoms with Crippen LogP contribution in [-0.2, 0) is 9.59 Å². The summed E-state index contributed by atoms with van der Waals surface area (Å²) in [5.74, 6) is -1.09. The van der Waals surface area contributed by atoms with Crippen LogP contribution < -0.4 is 5.73 Å². The second kappa shape index (κ2) is 6.37. The van der Waals surface area contributed by atoms with Crippen LogP contribution in [0.2, 0.25) is 0 Å². The Kier molecular flexibility index (Phi) is 5.87. The lowest BCUT2D eigenvalue weighted by molar-refractivity contribution is -0.137. The average molecular weight is 202 g/mol. The number of amides is 1. The fourth-order valence-electron chi connectivity index (χ4n) is 1.17. The van der Waals surface area contributed by atoms with Crippen LogP contribution in [-0.4, -0.2) is 41.0 Å². The van der Waals surface area contributed by atoms with Crippen molar-refractivity contribution in [2.45, 2.75) is 32.7 Å². The maximum Gasteiger partial charge on any atom is 0.303 e. The van der Waals surface area contributed by atoms with Crippen molar-refractivity contribution in [1.29, 1.82) is 0 Å². The average Bonchev–Trinajstić information content (AvgIpc) is 2.15. The molecular weight excluding hydrogens is 184 g/mol. The van der Waals surface area contributed by atoms with Crippen molar-refractivity contribution >= 4 is 11.9 Å². The predicted molar refractivity (Wildman–Crippen MR) is 52.8 cm³/mol. The van der Waals surface area contributed by atoms with Gasteiger partial charge in [-0.05, 0) is 20.3 Å². The second-order valence-corrected chi connectivity index (χ2v) is 3.05.